The zero-order valence-electron chi connectivity index (χ0n) is 15.7. The van der Waals surface area contributed by atoms with Crippen molar-refractivity contribution in [2.45, 2.75) is 13.8 Å². The molecule has 26 heavy (non-hydrogen) atoms. The van der Waals surface area contributed by atoms with Crippen LogP contribution in [0.4, 0.5) is 5.69 Å². The van der Waals surface area contributed by atoms with E-state index in [1.54, 1.807) is 13.2 Å². The maximum Gasteiger partial charge on any atom is 0.246 e. The molecule has 0 saturated carbocycles. The minimum absolute atomic E-state index is 0.0523. The average molecular weight is 350 g/mol. The third-order valence-corrected chi connectivity index (χ3v) is 5.05. The first-order valence-electron chi connectivity index (χ1n) is 9.01. The molecule has 1 aliphatic heterocycles. The second-order valence-corrected chi connectivity index (χ2v) is 6.61. The molecule has 0 bridgehead atoms. The third kappa shape index (κ3) is 3.90. The maximum absolute atomic E-state index is 12.5. The first kappa shape index (κ1) is 18.1. The van der Waals surface area contributed by atoms with E-state index >= 15 is 0 Å². The van der Waals surface area contributed by atoms with Gasteiger partial charge in [-0.2, -0.15) is 0 Å². The summed E-state index contributed by atoms with van der Waals surface area (Å²) >= 11 is 0. The van der Waals surface area contributed by atoms with Crippen molar-refractivity contribution < 1.29 is 9.53 Å². The lowest BCUT2D eigenvalue weighted by Crippen LogP contribution is -2.48. The number of rotatable bonds is 4. The van der Waals surface area contributed by atoms with Gasteiger partial charge in [-0.1, -0.05) is 30.3 Å². The molecule has 4 nitrogen and oxygen atoms in total. The molecule has 2 aromatic carbocycles. The summed E-state index contributed by atoms with van der Waals surface area (Å²) in [5.41, 5.74) is 4.82. The number of amides is 1. The Bertz CT molecular complexity index is 806. The minimum atomic E-state index is 0.0523. The van der Waals surface area contributed by atoms with E-state index in [4.69, 9.17) is 4.74 Å². The van der Waals surface area contributed by atoms with E-state index < -0.39 is 0 Å². The second kappa shape index (κ2) is 8.09. The number of carbonyl (C=O) groups is 1. The summed E-state index contributed by atoms with van der Waals surface area (Å²) in [4.78, 5) is 16.8. The summed E-state index contributed by atoms with van der Waals surface area (Å²) in [5, 5.41) is 0. The van der Waals surface area contributed by atoms with E-state index in [0.717, 1.165) is 37.5 Å². The van der Waals surface area contributed by atoms with Crippen LogP contribution in [0, 0.1) is 13.8 Å². The monoisotopic (exact) mass is 350 g/mol. The number of ether oxygens (including phenoxy) is 1. The molecular weight excluding hydrogens is 324 g/mol. The van der Waals surface area contributed by atoms with Crippen LogP contribution in [-0.2, 0) is 4.79 Å². The molecule has 1 saturated heterocycles. The van der Waals surface area contributed by atoms with Gasteiger partial charge in [-0.05, 0) is 43.2 Å². The van der Waals surface area contributed by atoms with Crippen LogP contribution in [-0.4, -0.2) is 44.1 Å². The Morgan fingerprint density at radius 1 is 1.00 bits per heavy atom. The van der Waals surface area contributed by atoms with Gasteiger partial charge in [-0.15, -0.1) is 0 Å². The van der Waals surface area contributed by atoms with Crippen LogP contribution in [0.2, 0.25) is 0 Å². The van der Waals surface area contributed by atoms with Gasteiger partial charge in [-0.25, -0.2) is 0 Å². The van der Waals surface area contributed by atoms with Gasteiger partial charge in [0.15, 0.2) is 0 Å². The molecule has 2 aromatic rings. The summed E-state index contributed by atoms with van der Waals surface area (Å²) in [5.74, 6) is 0.827. The molecule has 0 N–H and O–H groups in total. The van der Waals surface area contributed by atoms with Crippen LogP contribution in [0.3, 0.4) is 0 Å². The number of hydrogen-bond acceptors (Lipinski definition) is 3. The van der Waals surface area contributed by atoms with Gasteiger partial charge < -0.3 is 14.5 Å². The van der Waals surface area contributed by atoms with Gasteiger partial charge in [0.25, 0.3) is 0 Å². The Balaban J connectivity index is 1.62. The molecule has 4 heteroatoms. The zero-order chi connectivity index (χ0) is 18.5. The van der Waals surface area contributed by atoms with Crippen LogP contribution < -0.4 is 9.64 Å². The number of hydrogen-bond donors (Lipinski definition) is 0. The molecule has 0 aromatic heterocycles. The maximum atomic E-state index is 12.5. The zero-order valence-corrected chi connectivity index (χ0v) is 15.7. The minimum Gasteiger partial charge on any atom is -0.496 e. The molecule has 3 rings (SSSR count). The van der Waals surface area contributed by atoms with Crippen LogP contribution in [0.15, 0.2) is 48.5 Å². The van der Waals surface area contributed by atoms with Crippen molar-refractivity contribution in [3.05, 3.63) is 65.2 Å². The number of anilines is 1. The van der Waals surface area contributed by atoms with Gasteiger partial charge in [0.1, 0.15) is 5.75 Å². The summed E-state index contributed by atoms with van der Waals surface area (Å²) in [6.45, 7) is 7.50. The predicted octanol–water partition coefficient (Wildman–Crippen LogP) is 3.67. The first-order chi connectivity index (χ1) is 12.6. The molecular formula is C22H26N2O2. The Morgan fingerprint density at radius 2 is 1.73 bits per heavy atom. The van der Waals surface area contributed by atoms with E-state index in [1.165, 1.54) is 16.8 Å². The summed E-state index contributed by atoms with van der Waals surface area (Å²) in [6, 6.07) is 14.1. The van der Waals surface area contributed by atoms with E-state index in [-0.39, 0.29) is 5.91 Å². The van der Waals surface area contributed by atoms with E-state index in [9.17, 15) is 4.79 Å². The molecule has 1 amide bonds. The van der Waals surface area contributed by atoms with Gasteiger partial charge in [0.2, 0.25) is 5.91 Å². The van der Waals surface area contributed by atoms with Crippen molar-refractivity contribution in [1.29, 1.82) is 0 Å². The number of aryl methyl sites for hydroxylation is 1. The Hall–Kier alpha value is -2.75. The van der Waals surface area contributed by atoms with Crippen molar-refractivity contribution in [1.82, 2.24) is 4.90 Å². The van der Waals surface area contributed by atoms with Crippen molar-refractivity contribution in [3.8, 4) is 5.75 Å². The molecule has 0 spiro atoms. The Kier molecular flexibility index (Phi) is 5.61. The summed E-state index contributed by atoms with van der Waals surface area (Å²) in [7, 11) is 1.64. The number of piperazine rings is 1. The highest BCUT2D eigenvalue weighted by Crippen LogP contribution is 2.24. The lowest BCUT2D eigenvalue weighted by molar-refractivity contribution is -0.126. The first-order valence-corrected chi connectivity index (χ1v) is 9.01. The summed E-state index contributed by atoms with van der Waals surface area (Å²) < 4.78 is 5.32. The number of para-hydroxylation sites is 1. The van der Waals surface area contributed by atoms with Crippen molar-refractivity contribution in [2.24, 2.45) is 0 Å². The van der Waals surface area contributed by atoms with Gasteiger partial charge in [0.05, 0.1) is 7.11 Å². The van der Waals surface area contributed by atoms with Gasteiger partial charge in [-0.3, -0.25) is 4.79 Å². The molecule has 1 heterocycles. The fourth-order valence-corrected chi connectivity index (χ4v) is 3.32. The van der Waals surface area contributed by atoms with Crippen LogP contribution in [0.5, 0.6) is 5.75 Å². The largest absolute Gasteiger partial charge is 0.496 e. The topological polar surface area (TPSA) is 32.8 Å². The highest BCUT2D eigenvalue weighted by molar-refractivity contribution is 5.92. The van der Waals surface area contributed by atoms with Gasteiger partial charge >= 0.3 is 0 Å². The highest BCUT2D eigenvalue weighted by Gasteiger charge is 2.21. The van der Waals surface area contributed by atoms with E-state index in [2.05, 4.69) is 36.9 Å². The van der Waals surface area contributed by atoms with E-state index in [1.807, 2.05) is 35.2 Å². The summed E-state index contributed by atoms with van der Waals surface area (Å²) in [6.07, 6.45) is 3.48. The SMILES string of the molecule is COc1ccccc1/C=C/C(=O)N1CCN(c2cccc(C)c2C)CC1. The van der Waals surface area contributed by atoms with Crippen molar-refractivity contribution >= 4 is 17.7 Å². The molecule has 0 atom stereocenters. The second-order valence-electron chi connectivity index (χ2n) is 6.61. The molecule has 0 aliphatic carbocycles. The third-order valence-electron chi connectivity index (χ3n) is 5.05. The van der Waals surface area contributed by atoms with Crippen molar-refractivity contribution in [3.63, 3.8) is 0 Å². The quantitative estimate of drug-likeness (QED) is 0.789. The number of carbonyl (C=O) groups excluding carboxylic acids is 1. The molecule has 0 unspecified atom stereocenters. The van der Waals surface area contributed by atoms with Crippen LogP contribution >= 0.6 is 0 Å². The van der Waals surface area contributed by atoms with Crippen molar-refractivity contribution in [2.75, 3.05) is 38.2 Å². The Morgan fingerprint density at radius 3 is 2.46 bits per heavy atom. The lowest BCUT2D eigenvalue weighted by Gasteiger charge is -2.36. The lowest BCUT2D eigenvalue weighted by atomic mass is 10.1. The van der Waals surface area contributed by atoms with Crippen LogP contribution in [0.1, 0.15) is 16.7 Å². The van der Waals surface area contributed by atoms with Crippen LogP contribution in [0.25, 0.3) is 6.08 Å². The number of methoxy groups -OCH3 is 1. The molecule has 1 aliphatic rings. The smallest absolute Gasteiger partial charge is 0.246 e. The van der Waals surface area contributed by atoms with E-state index in [0.29, 0.717) is 0 Å². The molecule has 1 fully saturated rings. The highest BCUT2D eigenvalue weighted by atomic mass is 16.5. The molecule has 0 radical (unpaired) electrons. The predicted molar refractivity (Wildman–Crippen MR) is 107 cm³/mol. The average Bonchev–Trinajstić information content (AvgIpc) is 2.68. The standard InChI is InChI=1S/C22H26N2O2/c1-17-7-6-9-20(18(17)2)23-13-15-24(16-14-23)22(25)12-11-19-8-4-5-10-21(19)26-3/h4-12H,13-16H2,1-3H3/b12-11+. The normalized spacial score (nSPS) is 14.7. The fraction of sp³-hybridized carbons (Fsp3) is 0.318. The van der Waals surface area contributed by atoms with Gasteiger partial charge in [0, 0.05) is 43.5 Å². The Labute approximate surface area is 155 Å². The number of nitrogens with zero attached hydrogens (tertiary/aromatic N) is 2. The fourth-order valence-electron chi connectivity index (χ4n) is 3.32. The number of benzene rings is 2. The molecule has 136 valence electrons.